The minimum Gasteiger partial charge on any atom is -0.310 e. The second kappa shape index (κ2) is 33.0. The number of anilines is 6. The number of benzene rings is 21. The molecule has 0 spiro atoms. The van der Waals surface area contributed by atoms with Crippen molar-refractivity contribution in [2.45, 2.75) is 57.8 Å². The van der Waals surface area contributed by atoms with E-state index in [1.807, 2.05) is 12.1 Å². The normalized spacial score (nSPS) is 13.1. The van der Waals surface area contributed by atoms with Gasteiger partial charge in [0.25, 0.3) is 0 Å². The lowest BCUT2D eigenvalue weighted by atomic mass is 9.81. The molecule has 0 amide bonds. The van der Waals surface area contributed by atoms with Crippen LogP contribution in [0.5, 0.6) is 0 Å². The van der Waals surface area contributed by atoms with Crippen LogP contribution < -0.4 is 9.80 Å². The van der Waals surface area contributed by atoms with E-state index in [0.717, 1.165) is 89.6 Å². The number of aromatic nitrogens is 2. The first-order valence-corrected chi connectivity index (χ1v) is 47.1. The van der Waals surface area contributed by atoms with Gasteiger partial charge in [0, 0.05) is 72.3 Å². The summed E-state index contributed by atoms with van der Waals surface area (Å²) in [5, 5.41) is 12.7. The summed E-state index contributed by atoms with van der Waals surface area (Å²) >= 11 is 0. The molecule has 3 aliphatic carbocycles. The molecule has 0 saturated heterocycles. The van der Waals surface area contributed by atoms with Gasteiger partial charge in [-0.15, -0.1) is 0 Å². The van der Waals surface area contributed by atoms with Gasteiger partial charge in [-0.2, -0.15) is 0 Å². The lowest BCUT2D eigenvalue weighted by molar-refractivity contribution is 0.660. The maximum absolute atomic E-state index is 5.27. The molecular weight excluding hydrogens is 1630 g/mol. The molecule has 0 unspecified atom stereocenters. The SMILES string of the molecule is CC1(C)c2ccccc2-c2ccc(-c3ccc4cc(-c5ccc6ccc7cccc8ccc5c6c78)ccc4c3)cc21.CC1(C)c2ccccc2-c2ccc(N(c3ccccc3)c3ccc(-c4ccc(N(c5ccccc5)c5ccc6c(c5)C(C)(C)c5ccccc5-6)cc4)cc3)cc21.c1ccc(-c2cc(-c3ccccc3)c3ccc4c(-c5ccccc5)cc(-c5ccccc5)nc4c3n2)cc1. The van der Waals surface area contributed by atoms with Gasteiger partial charge in [0.05, 0.1) is 22.4 Å². The molecule has 4 heteroatoms. The van der Waals surface area contributed by atoms with Crippen molar-refractivity contribution in [1.29, 1.82) is 0 Å². The van der Waals surface area contributed by atoms with Crippen molar-refractivity contribution in [3.63, 3.8) is 0 Å². The van der Waals surface area contributed by atoms with Gasteiger partial charge in [-0.3, -0.25) is 0 Å². The Morgan fingerprint density at radius 1 is 0.163 bits per heavy atom. The van der Waals surface area contributed by atoms with Gasteiger partial charge in [-0.1, -0.05) is 412 Å². The Bertz CT molecular complexity index is 8170. The van der Waals surface area contributed by atoms with Gasteiger partial charge in [-0.05, 0) is 269 Å². The van der Waals surface area contributed by atoms with Crippen LogP contribution in [0.25, 0.3) is 176 Å². The average Bonchev–Trinajstić information content (AvgIpc) is 1.63. The zero-order chi connectivity index (χ0) is 90.6. The first-order valence-electron chi connectivity index (χ1n) is 47.1. The second-order valence-electron chi connectivity index (χ2n) is 37.8. The monoisotopic (exact) mass is 1720 g/mol. The molecule has 3 aliphatic rings. The number of fused-ring (bicyclic) bond motifs is 13. The van der Waals surface area contributed by atoms with Crippen LogP contribution in [0.2, 0.25) is 0 Å². The highest BCUT2D eigenvalue weighted by atomic mass is 15.1. The van der Waals surface area contributed by atoms with Crippen molar-refractivity contribution in [3.05, 3.63) is 507 Å². The van der Waals surface area contributed by atoms with Gasteiger partial charge in [0.2, 0.25) is 0 Å². The fraction of sp³-hybridized carbons (Fsp3) is 0.0687. The van der Waals surface area contributed by atoms with E-state index in [9.17, 15) is 0 Å². The number of rotatable bonds is 13. The predicted octanol–water partition coefficient (Wildman–Crippen LogP) is 35.7. The van der Waals surface area contributed by atoms with Crippen molar-refractivity contribution in [3.8, 4) is 112 Å². The molecule has 0 aliphatic heterocycles. The van der Waals surface area contributed by atoms with Crippen LogP contribution in [0, 0.1) is 0 Å². The molecule has 0 bridgehead atoms. The summed E-state index contributed by atoms with van der Waals surface area (Å²) in [7, 11) is 0. The minimum atomic E-state index is -0.0700. The molecule has 21 aromatic carbocycles. The zero-order valence-corrected chi connectivity index (χ0v) is 76.3. The van der Waals surface area contributed by atoms with Crippen LogP contribution in [-0.4, -0.2) is 9.97 Å². The van der Waals surface area contributed by atoms with E-state index in [1.165, 1.54) is 154 Å². The third-order valence-electron chi connectivity index (χ3n) is 28.9. The molecule has 135 heavy (non-hydrogen) atoms. The zero-order valence-electron chi connectivity index (χ0n) is 76.3. The molecule has 0 radical (unpaired) electrons. The molecule has 0 atom stereocenters. The Hall–Kier alpha value is -16.7. The number of para-hydroxylation sites is 2. The van der Waals surface area contributed by atoms with Gasteiger partial charge in [0.15, 0.2) is 0 Å². The van der Waals surface area contributed by atoms with Crippen LogP contribution in [0.1, 0.15) is 74.9 Å². The van der Waals surface area contributed by atoms with E-state index < -0.39 is 0 Å². The van der Waals surface area contributed by atoms with Crippen molar-refractivity contribution < 1.29 is 0 Å². The minimum absolute atomic E-state index is 0.00830. The Morgan fingerprint density at radius 3 is 0.904 bits per heavy atom. The van der Waals surface area contributed by atoms with Crippen LogP contribution in [0.3, 0.4) is 0 Å². The summed E-state index contributed by atoms with van der Waals surface area (Å²) in [6, 6.07) is 172. The summed E-state index contributed by atoms with van der Waals surface area (Å²) in [6.45, 7) is 14.1. The van der Waals surface area contributed by atoms with Crippen molar-refractivity contribution in [1.82, 2.24) is 9.97 Å². The van der Waals surface area contributed by atoms with Crippen LogP contribution in [0.15, 0.2) is 473 Å². The lowest BCUT2D eigenvalue weighted by Crippen LogP contribution is -2.16. The molecule has 23 aromatic rings. The molecule has 4 nitrogen and oxygen atoms in total. The smallest absolute Gasteiger partial charge is 0.0978 e. The lowest BCUT2D eigenvalue weighted by Gasteiger charge is -2.28. The van der Waals surface area contributed by atoms with Crippen LogP contribution in [-0.2, 0) is 16.2 Å². The highest BCUT2D eigenvalue weighted by molar-refractivity contribution is 6.26. The number of hydrogen-bond acceptors (Lipinski definition) is 4. The first kappa shape index (κ1) is 81.6. The highest BCUT2D eigenvalue weighted by Crippen LogP contribution is 2.55. The molecule has 0 fully saturated rings. The maximum Gasteiger partial charge on any atom is 0.0978 e. The number of pyridine rings is 2. The van der Waals surface area contributed by atoms with E-state index >= 15 is 0 Å². The maximum atomic E-state index is 5.27. The van der Waals surface area contributed by atoms with E-state index in [-0.39, 0.29) is 16.2 Å². The van der Waals surface area contributed by atoms with Crippen LogP contribution in [0.4, 0.5) is 34.1 Å². The quantitative estimate of drug-likeness (QED) is 0.108. The molecule has 2 aromatic heterocycles. The molecular formula is C131H96N4. The fourth-order valence-corrected chi connectivity index (χ4v) is 22.0. The third-order valence-corrected chi connectivity index (χ3v) is 28.9. The molecule has 0 N–H and O–H groups in total. The average molecular weight is 1730 g/mol. The standard InChI is InChI=1S/C54H44N2.C41H28.C36H24N2/c1-53(2)49-21-13-11-19-45(49)47-33-31-43(35-51(47)53)55(39-15-7-5-8-16-39)41-27-23-37(24-28-41)38-25-29-42(30-26-38)56(40-17-9-6-10-18-40)44-32-34-48-46-20-12-14-22-50(46)54(3,4)52(48)36-44;1-41(2)37-9-4-3-8-34(37)35-20-18-31(24-38(35)41)29-12-13-30-23-32(15-14-28(30)22-29)33-19-16-27-11-10-25-6-5-7-26-17-21-36(33)40(27)39(25)26;1-5-13-25(14-6-1)31-23-33(27-17-9-3-10-18-27)37-35-29(31)21-22-30-32(26-15-7-2-8-16-26)24-34(38-36(30)35)28-19-11-4-12-20-28/h5-36H,1-4H3;3-24H,1-2H3;1-24H. The van der Waals surface area contributed by atoms with E-state index in [1.54, 1.807) is 0 Å². The van der Waals surface area contributed by atoms with Crippen molar-refractivity contribution in [2.24, 2.45) is 0 Å². The topological polar surface area (TPSA) is 32.3 Å². The summed E-state index contributed by atoms with van der Waals surface area (Å²) in [5.41, 5.74) is 41.2. The Morgan fingerprint density at radius 2 is 0.459 bits per heavy atom. The first-order chi connectivity index (χ1) is 66.2. The molecule has 0 saturated carbocycles. The highest BCUT2D eigenvalue weighted by Gasteiger charge is 2.39. The summed E-state index contributed by atoms with van der Waals surface area (Å²) in [5.74, 6) is 0. The molecule has 640 valence electrons. The van der Waals surface area contributed by atoms with E-state index in [2.05, 4.69) is 512 Å². The fourth-order valence-electron chi connectivity index (χ4n) is 22.0. The summed E-state index contributed by atoms with van der Waals surface area (Å²) < 4.78 is 0. The van der Waals surface area contributed by atoms with Crippen LogP contribution >= 0.6 is 0 Å². The molecule has 26 rings (SSSR count). The largest absolute Gasteiger partial charge is 0.310 e. The summed E-state index contributed by atoms with van der Waals surface area (Å²) in [4.78, 5) is 15.3. The van der Waals surface area contributed by atoms with Crippen molar-refractivity contribution in [2.75, 3.05) is 9.80 Å². The van der Waals surface area contributed by atoms with E-state index in [0.29, 0.717) is 0 Å². The number of nitrogens with zero attached hydrogens (tertiary/aromatic N) is 4. The third kappa shape index (κ3) is 14.2. The van der Waals surface area contributed by atoms with Gasteiger partial charge in [0.1, 0.15) is 0 Å². The second-order valence-corrected chi connectivity index (χ2v) is 37.8. The van der Waals surface area contributed by atoms with Crippen molar-refractivity contribution >= 4 is 99.0 Å². The Labute approximate surface area is 789 Å². The van der Waals surface area contributed by atoms with Gasteiger partial charge >= 0.3 is 0 Å². The van der Waals surface area contributed by atoms with E-state index in [4.69, 9.17) is 9.97 Å². The Kier molecular flexibility index (Phi) is 19.9. The Balaban J connectivity index is 0.000000114. The summed E-state index contributed by atoms with van der Waals surface area (Å²) in [6.07, 6.45) is 0. The predicted molar refractivity (Wildman–Crippen MR) is 571 cm³/mol. The van der Waals surface area contributed by atoms with Gasteiger partial charge in [-0.25, -0.2) is 9.97 Å². The van der Waals surface area contributed by atoms with Gasteiger partial charge < -0.3 is 9.80 Å². The number of hydrogen-bond donors (Lipinski definition) is 0. The molecule has 2 heterocycles.